The molecule has 0 aliphatic carbocycles. The third-order valence-electron chi connectivity index (χ3n) is 5.18. The number of hydrogen-bond acceptors (Lipinski definition) is 4. The lowest BCUT2D eigenvalue weighted by Crippen LogP contribution is -2.35. The molecule has 1 atom stereocenters. The van der Waals surface area contributed by atoms with Crippen molar-refractivity contribution in [3.8, 4) is 11.5 Å². The van der Waals surface area contributed by atoms with Crippen molar-refractivity contribution in [3.63, 3.8) is 0 Å². The minimum atomic E-state index is -0.366. The summed E-state index contributed by atoms with van der Waals surface area (Å²) in [7, 11) is 0. The normalized spacial score (nSPS) is 17.3. The van der Waals surface area contributed by atoms with Crippen LogP contribution in [0, 0.1) is 5.92 Å². The number of nitrogens with zero attached hydrogens (tertiary/aromatic N) is 2. The number of oxazole rings is 1. The third kappa shape index (κ3) is 3.87. The molecule has 1 unspecified atom stereocenters. The number of likely N-dealkylation sites (tertiary alicyclic amines) is 1. The summed E-state index contributed by atoms with van der Waals surface area (Å²) in [6, 6.07) is 20.0. The predicted molar refractivity (Wildman–Crippen MR) is 101 cm³/mol. The Bertz CT molecular complexity index is 808. The quantitative estimate of drug-likeness (QED) is 0.747. The van der Waals surface area contributed by atoms with Gasteiger partial charge in [0.05, 0.1) is 11.8 Å². The van der Waals surface area contributed by atoms with Gasteiger partial charge >= 0.3 is 0 Å². The highest BCUT2D eigenvalue weighted by molar-refractivity contribution is 5.52. The highest BCUT2D eigenvalue weighted by Gasteiger charge is 2.26. The van der Waals surface area contributed by atoms with E-state index in [1.54, 1.807) is 6.26 Å². The first-order chi connectivity index (χ1) is 12.8. The van der Waals surface area contributed by atoms with Gasteiger partial charge in [-0.3, -0.25) is 4.90 Å². The molecule has 0 saturated carbocycles. The number of aromatic nitrogens is 1. The summed E-state index contributed by atoms with van der Waals surface area (Å²) in [4.78, 5) is 7.01. The summed E-state index contributed by atoms with van der Waals surface area (Å²) >= 11 is 0. The highest BCUT2D eigenvalue weighted by Crippen LogP contribution is 2.31. The molecule has 1 fully saturated rings. The van der Waals surface area contributed by atoms with Gasteiger partial charge in [-0.1, -0.05) is 48.5 Å². The van der Waals surface area contributed by atoms with Crippen molar-refractivity contribution in [3.05, 3.63) is 78.2 Å². The Morgan fingerprint density at radius 1 is 1.00 bits per heavy atom. The monoisotopic (exact) mass is 348 g/mol. The van der Waals surface area contributed by atoms with E-state index in [1.807, 2.05) is 60.7 Å². The van der Waals surface area contributed by atoms with E-state index in [4.69, 9.17) is 4.42 Å². The van der Waals surface area contributed by atoms with Crippen LogP contribution >= 0.6 is 0 Å². The summed E-state index contributed by atoms with van der Waals surface area (Å²) in [6.45, 7) is 2.74. The molecular formula is C22H24N2O2. The third-order valence-corrected chi connectivity index (χ3v) is 5.18. The van der Waals surface area contributed by atoms with Crippen molar-refractivity contribution in [2.45, 2.75) is 25.5 Å². The maximum atomic E-state index is 10.6. The smallest absolute Gasteiger partial charge is 0.226 e. The largest absolute Gasteiger partial charge is 0.444 e. The molecule has 26 heavy (non-hydrogen) atoms. The van der Waals surface area contributed by atoms with Gasteiger partial charge in [0.25, 0.3) is 0 Å². The van der Waals surface area contributed by atoms with E-state index in [9.17, 15) is 5.11 Å². The first-order valence-corrected chi connectivity index (χ1v) is 9.25. The van der Waals surface area contributed by atoms with E-state index in [1.165, 1.54) is 0 Å². The van der Waals surface area contributed by atoms with Crippen LogP contribution in [0.4, 0.5) is 0 Å². The fraction of sp³-hybridized carbons (Fsp3) is 0.318. The van der Waals surface area contributed by atoms with Gasteiger partial charge in [-0.05, 0) is 49.5 Å². The minimum Gasteiger partial charge on any atom is -0.444 e. The predicted octanol–water partition coefficient (Wildman–Crippen LogP) is 4.29. The molecule has 4 nitrogen and oxygen atoms in total. The maximum Gasteiger partial charge on any atom is 0.226 e. The topological polar surface area (TPSA) is 49.5 Å². The zero-order chi connectivity index (χ0) is 17.8. The van der Waals surface area contributed by atoms with Crippen molar-refractivity contribution in [1.29, 1.82) is 0 Å². The second-order valence-corrected chi connectivity index (χ2v) is 6.98. The molecule has 1 aromatic heterocycles. The SMILES string of the molecule is OC(c1ccccc1)C1CCN(Cc2coc(-c3ccccc3)n2)CC1. The average Bonchev–Trinajstić information content (AvgIpc) is 3.18. The Morgan fingerprint density at radius 2 is 1.65 bits per heavy atom. The van der Waals surface area contributed by atoms with Gasteiger partial charge in [0.2, 0.25) is 5.89 Å². The number of hydrogen-bond donors (Lipinski definition) is 1. The van der Waals surface area contributed by atoms with Gasteiger partial charge in [0.1, 0.15) is 6.26 Å². The van der Waals surface area contributed by atoms with E-state index in [0.29, 0.717) is 11.8 Å². The average molecular weight is 348 g/mol. The summed E-state index contributed by atoms with van der Waals surface area (Å²) in [5.74, 6) is 1.00. The first-order valence-electron chi connectivity index (χ1n) is 9.25. The molecule has 1 saturated heterocycles. The molecule has 2 heterocycles. The number of piperidine rings is 1. The molecule has 4 heteroatoms. The number of benzene rings is 2. The lowest BCUT2D eigenvalue weighted by atomic mass is 9.87. The zero-order valence-electron chi connectivity index (χ0n) is 14.8. The molecule has 0 amide bonds. The molecule has 1 N–H and O–H groups in total. The van der Waals surface area contributed by atoms with Crippen molar-refractivity contribution in [2.75, 3.05) is 13.1 Å². The fourth-order valence-corrected chi connectivity index (χ4v) is 3.67. The number of aliphatic hydroxyl groups is 1. The Hall–Kier alpha value is -2.43. The molecule has 1 aliphatic heterocycles. The molecule has 3 aromatic rings. The van der Waals surface area contributed by atoms with Gasteiger partial charge in [0, 0.05) is 12.1 Å². The van der Waals surface area contributed by atoms with Crippen LogP contribution < -0.4 is 0 Å². The van der Waals surface area contributed by atoms with Gasteiger partial charge < -0.3 is 9.52 Å². The van der Waals surface area contributed by atoms with Crippen LogP contribution in [0.25, 0.3) is 11.5 Å². The lowest BCUT2D eigenvalue weighted by Gasteiger charge is -2.33. The van der Waals surface area contributed by atoms with Crippen LogP contribution in [-0.4, -0.2) is 28.1 Å². The Kier molecular flexibility index (Phi) is 5.14. The van der Waals surface area contributed by atoms with Gasteiger partial charge in [-0.25, -0.2) is 4.98 Å². The summed E-state index contributed by atoms with van der Waals surface area (Å²) in [5.41, 5.74) is 2.99. The second kappa shape index (κ2) is 7.85. The van der Waals surface area contributed by atoms with E-state index < -0.39 is 0 Å². The first kappa shape index (κ1) is 17.0. The molecule has 134 valence electrons. The standard InChI is InChI=1S/C22H24N2O2/c25-21(17-7-3-1-4-8-17)18-11-13-24(14-12-18)15-20-16-26-22(23-20)19-9-5-2-6-10-19/h1-10,16,18,21,25H,11-15H2. The maximum absolute atomic E-state index is 10.6. The van der Waals surface area contributed by atoms with Crippen LogP contribution in [0.3, 0.4) is 0 Å². The fourth-order valence-electron chi connectivity index (χ4n) is 3.67. The Balaban J connectivity index is 1.32. The molecule has 0 bridgehead atoms. The minimum absolute atomic E-state index is 0.325. The Labute approximate surface area is 154 Å². The molecule has 0 radical (unpaired) electrons. The summed E-state index contributed by atoms with van der Waals surface area (Å²) < 4.78 is 5.63. The van der Waals surface area contributed by atoms with Crippen molar-refractivity contribution >= 4 is 0 Å². The van der Waals surface area contributed by atoms with Crippen molar-refractivity contribution in [2.24, 2.45) is 5.92 Å². The number of rotatable bonds is 5. The summed E-state index contributed by atoms with van der Waals surface area (Å²) in [5, 5.41) is 10.6. The molecule has 1 aliphatic rings. The molecule has 0 spiro atoms. The Morgan fingerprint density at radius 3 is 2.35 bits per heavy atom. The second-order valence-electron chi connectivity index (χ2n) is 6.98. The van der Waals surface area contributed by atoms with Crippen LogP contribution in [0.5, 0.6) is 0 Å². The zero-order valence-corrected chi connectivity index (χ0v) is 14.8. The van der Waals surface area contributed by atoms with Crippen LogP contribution in [-0.2, 0) is 6.54 Å². The van der Waals surface area contributed by atoms with E-state index >= 15 is 0 Å². The molecule has 2 aromatic carbocycles. The molecular weight excluding hydrogens is 324 g/mol. The van der Waals surface area contributed by atoms with Gasteiger partial charge in [0.15, 0.2) is 0 Å². The van der Waals surface area contributed by atoms with Crippen LogP contribution in [0.2, 0.25) is 0 Å². The van der Waals surface area contributed by atoms with E-state index in [-0.39, 0.29) is 6.10 Å². The van der Waals surface area contributed by atoms with Crippen molar-refractivity contribution < 1.29 is 9.52 Å². The highest BCUT2D eigenvalue weighted by atomic mass is 16.3. The molecule has 4 rings (SSSR count). The van der Waals surface area contributed by atoms with E-state index in [2.05, 4.69) is 9.88 Å². The van der Waals surface area contributed by atoms with Crippen LogP contribution in [0.1, 0.15) is 30.2 Å². The van der Waals surface area contributed by atoms with Crippen molar-refractivity contribution in [1.82, 2.24) is 9.88 Å². The van der Waals surface area contributed by atoms with E-state index in [0.717, 1.165) is 49.3 Å². The lowest BCUT2D eigenvalue weighted by molar-refractivity contribution is 0.0564. The van der Waals surface area contributed by atoms with Crippen LogP contribution in [0.15, 0.2) is 71.3 Å². The van der Waals surface area contributed by atoms with Gasteiger partial charge in [-0.15, -0.1) is 0 Å². The summed E-state index contributed by atoms with van der Waals surface area (Å²) in [6.07, 6.45) is 3.39. The van der Waals surface area contributed by atoms with Gasteiger partial charge in [-0.2, -0.15) is 0 Å². The number of aliphatic hydroxyl groups excluding tert-OH is 1.